The van der Waals surface area contributed by atoms with Crippen molar-refractivity contribution in [3.05, 3.63) is 0 Å². The van der Waals surface area contributed by atoms with Crippen molar-refractivity contribution in [1.82, 2.24) is 0 Å². The predicted molar refractivity (Wildman–Crippen MR) is 58.2 cm³/mol. The van der Waals surface area contributed by atoms with E-state index in [4.69, 9.17) is 25.7 Å². The summed E-state index contributed by atoms with van der Waals surface area (Å²) >= 11 is 0. The number of ether oxygens (including phenoxy) is 3. The molecule has 0 rings (SSSR count). The Kier molecular flexibility index (Phi) is 11.2. The van der Waals surface area contributed by atoms with E-state index < -0.39 is 5.97 Å². The molecule has 0 radical (unpaired) electrons. The summed E-state index contributed by atoms with van der Waals surface area (Å²) in [6.07, 6.45) is 5.67. The first-order chi connectivity index (χ1) is 7.77. The zero-order chi connectivity index (χ0) is 12.1. The van der Waals surface area contributed by atoms with E-state index in [2.05, 4.69) is 5.92 Å². The minimum atomic E-state index is -0.858. The van der Waals surface area contributed by atoms with E-state index in [9.17, 15) is 4.79 Å². The van der Waals surface area contributed by atoms with Gasteiger partial charge in [0, 0.05) is 6.42 Å². The van der Waals surface area contributed by atoms with Crippen LogP contribution in [0.3, 0.4) is 0 Å². The average molecular weight is 230 g/mol. The van der Waals surface area contributed by atoms with E-state index in [0.717, 1.165) is 0 Å². The Balaban J connectivity index is 2.94. The zero-order valence-corrected chi connectivity index (χ0v) is 9.31. The first-order valence-corrected chi connectivity index (χ1v) is 5.16. The van der Waals surface area contributed by atoms with Crippen LogP contribution in [0.4, 0.5) is 0 Å². The van der Waals surface area contributed by atoms with Crippen molar-refractivity contribution in [2.75, 3.05) is 39.6 Å². The molecule has 16 heavy (non-hydrogen) atoms. The Bertz CT molecular complexity index is 209. The Hall–Kier alpha value is -1.09. The fourth-order valence-electron chi connectivity index (χ4n) is 0.832. The molecule has 0 saturated carbocycles. The third kappa shape index (κ3) is 12.9. The Morgan fingerprint density at radius 2 is 1.50 bits per heavy atom. The summed E-state index contributed by atoms with van der Waals surface area (Å²) in [5.74, 6) is 1.61. The van der Waals surface area contributed by atoms with Gasteiger partial charge in [0.2, 0.25) is 0 Å². The van der Waals surface area contributed by atoms with Crippen LogP contribution in [0.5, 0.6) is 0 Å². The lowest BCUT2D eigenvalue weighted by atomic mass is 10.5. The highest BCUT2D eigenvalue weighted by Crippen LogP contribution is 1.85. The topological polar surface area (TPSA) is 65.0 Å². The smallest absolute Gasteiger partial charge is 0.305 e. The molecule has 92 valence electrons. The molecule has 0 bridgehead atoms. The van der Waals surface area contributed by atoms with Crippen LogP contribution in [0.1, 0.15) is 12.8 Å². The Morgan fingerprint density at radius 1 is 1.00 bits per heavy atom. The molecule has 5 nitrogen and oxygen atoms in total. The third-order valence-corrected chi connectivity index (χ3v) is 1.60. The van der Waals surface area contributed by atoms with Crippen molar-refractivity contribution in [2.24, 2.45) is 0 Å². The summed E-state index contributed by atoms with van der Waals surface area (Å²) in [6, 6.07) is 0. The Labute approximate surface area is 95.7 Å². The summed E-state index contributed by atoms with van der Waals surface area (Å²) in [5.41, 5.74) is 0. The number of carboxylic acid groups (broad SMARTS) is 1. The van der Waals surface area contributed by atoms with Gasteiger partial charge in [0.05, 0.1) is 46.1 Å². The molecular weight excluding hydrogens is 212 g/mol. The predicted octanol–water partition coefficient (Wildman–Crippen LogP) is 0.534. The molecule has 0 amide bonds. The van der Waals surface area contributed by atoms with Crippen LogP contribution in [-0.2, 0) is 19.0 Å². The van der Waals surface area contributed by atoms with Crippen LogP contribution in [0.15, 0.2) is 0 Å². The van der Waals surface area contributed by atoms with Crippen molar-refractivity contribution < 1.29 is 24.1 Å². The molecule has 0 spiro atoms. The minimum absolute atomic E-state index is 0.0230. The van der Waals surface area contributed by atoms with Gasteiger partial charge in [-0.2, -0.15) is 0 Å². The van der Waals surface area contributed by atoms with Gasteiger partial charge >= 0.3 is 5.97 Å². The molecule has 0 aliphatic heterocycles. The highest BCUT2D eigenvalue weighted by Gasteiger charge is 1.96. The molecule has 0 unspecified atom stereocenters. The second-order valence-electron chi connectivity index (χ2n) is 2.93. The highest BCUT2D eigenvalue weighted by atomic mass is 16.5. The van der Waals surface area contributed by atoms with Gasteiger partial charge in [-0.1, -0.05) is 0 Å². The summed E-state index contributed by atoms with van der Waals surface area (Å²) < 4.78 is 15.3. The number of aliphatic carboxylic acids is 1. The van der Waals surface area contributed by atoms with E-state index in [1.54, 1.807) is 0 Å². The second kappa shape index (κ2) is 12.0. The standard InChI is InChI=1S/C11H18O5/c1-2-3-5-14-7-9-16-10-8-15-6-4-11(12)13/h1H,3-10H2,(H,12,13). The van der Waals surface area contributed by atoms with Crippen LogP contribution in [-0.4, -0.2) is 50.7 Å². The van der Waals surface area contributed by atoms with Crippen LogP contribution in [0.25, 0.3) is 0 Å². The lowest BCUT2D eigenvalue weighted by Crippen LogP contribution is -2.11. The van der Waals surface area contributed by atoms with Crippen molar-refractivity contribution in [3.8, 4) is 12.3 Å². The van der Waals surface area contributed by atoms with E-state index in [1.807, 2.05) is 0 Å². The number of carboxylic acids is 1. The van der Waals surface area contributed by atoms with Gasteiger partial charge in [-0.05, 0) is 0 Å². The van der Waals surface area contributed by atoms with E-state index in [1.165, 1.54) is 0 Å². The molecule has 0 fully saturated rings. The molecule has 0 heterocycles. The van der Waals surface area contributed by atoms with Crippen LogP contribution in [0, 0.1) is 12.3 Å². The minimum Gasteiger partial charge on any atom is -0.481 e. The molecular formula is C11H18O5. The number of hydrogen-bond donors (Lipinski definition) is 1. The molecule has 5 heteroatoms. The van der Waals surface area contributed by atoms with Gasteiger partial charge in [0.15, 0.2) is 0 Å². The van der Waals surface area contributed by atoms with Crippen LogP contribution < -0.4 is 0 Å². The molecule has 0 aromatic heterocycles. The van der Waals surface area contributed by atoms with E-state index in [0.29, 0.717) is 39.5 Å². The number of carbonyl (C=O) groups is 1. The first-order valence-electron chi connectivity index (χ1n) is 5.16. The maximum atomic E-state index is 10.1. The quantitative estimate of drug-likeness (QED) is 0.414. The maximum Gasteiger partial charge on any atom is 0.305 e. The fourth-order valence-corrected chi connectivity index (χ4v) is 0.832. The van der Waals surface area contributed by atoms with Gasteiger partial charge < -0.3 is 19.3 Å². The maximum absolute atomic E-state index is 10.1. The van der Waals surface area contributed by atoms with Crippen molar-refractivity contribution in [3.63, 3.8) is 0 Å². The molecule has 1 N–H and O–H groups in total. The number of hydrogen-bond acceptors (Lipinski definition) is 4. The SMILES string of the molecule is C#CCCOCCOCCOCCC(=O)O. The summed E-state index contributed by atoms with van der Waals surface area (Å²) in [7, 11) is 0. The van der Waals surface area contributed by atoms with Crippen molar-refractivity contribution >= 4 is 5.97 Å². The molecule has 0 aliphatic rings. The average Bonchev–Trinajstić information content (AvgIpc) is 2.25. The number of terminal acetylenes is 1. The van der Waals surface area contributed by atoms with E-state index >= 15 is 0 Å². The molecule has 0 aliphatic carbocycles. The van der Waals surface area contributed by atoms with Gasteiger partial charge in [0.25, 0.3) is 0 Å². The lowest BCUT2D eigenvalue weighted by molar-refractivity contribution is -0.138. The second-order valence-corrected chi connectivity index (χ2v) is 2.93. The summed E-state index contributed by atoms with van der Waals surface area (Å²) in [4.78, 5) is 10.1. The van der Waals surface area contributed by atoms with Gasteiger partial charge in [-0.15, -0.1) is 12.3 Å². The van der Waals surface area contributed by atoms with Crippen LogP contribution >= 0.6 is 0 Å². The molecule has 0 saturated heterocycles. The molecule has 0 atom stereocenters. The van der Waals surface area contributed by atoms with Crippen molar-refractivity contribution in [2.45, 2.75) is 12.8 Å². The van der Waals surface area contributed by atoms with Crippen LogP contribution in [0.2, 0.25) is 0 Å². The summed E-state index contributed by atoms with van der Waals surface area (Å²) in [5, 5.41) is 8.32. The molecule has 0 aromatic rings. The number of rotatable bonds is 11. The highest BCUT2D eigenvalue weighted by molar-refractivity contribution is 5.66. The monoisotopic (exact) mass is 230 g/mol. The lowest BCUT2D eigenvalue weighted by Gasteiger charge is -2.05. The largest absolute Gasteiger partial charge is 0.481 e. The van der Waals surface area contributed by atoms with Gasteiger partial charge in [-0.3, -0.25) is 4.79 Å². The Morgan fingerprint density at radius 3 is 2.00 bits per heavy atom. The van der Waals surface area contributed by atoms with Gasteiger partial charge in [0.1, 0.15) is 0 Å². The molecule has 0 aromatic carbocycles. The normalized spacial score (nSPS) is 9.94. The summed E-state index contributed by atoms with van der Waals surface area (Å²) in [6.45, 7) is 2.62. The van der Waals surface area contributed by atoms with E-state index in [-0.39, 0.29) is 13.0 Å². The van der Waals surface area contributed by atoms with Crippen molar-refractivity contribution in [1.29, 1.82) is 0 Å². The zero-order valence-electron chi connectivity index (χ0n) is 9.31. The fraction of sp³-hybridized carbons (Fsp3) is 0.727. The van der Waals surface area contributed by atoms with Gasteiger partial charge in [-0.25, -0.2) is 0 Å². The first kappa shape index (κ1) is 14.9. The third-order valence-electron chi connectivity index (χ3n) is 1.60.